The van der Waals surface area contributed by atoms with Crippen LogP contribution in [0.2, 0.25) is 0 Å². The molecular formula is C22H20N4OS. The second-order valence-electron chi connectivity index (χ2n) is 7.24. The Bertz CT molecular complexity index is 1240. The van der Waals surface area contributed by atoms with Crippen LogP contribution in [0.3, 0.4) is 0 Å². The Balaban J connectivity index is 1.62. The third kappa shape index (κ3) is 2.90. The van der Waals surface area contributed by atoms with Gasteiger partial charge in [0.15, 0.2) is 0 Å². The van der Waals surface area contributed by atoms with Crippen molar-refractivity contribution >= 4 is 33.2 Å². The maximum Gasteiger partial charge on any atom is 0.274 e. The molecule has 0 fully saturated rings. The normalized spacial score (nSPS) is 15.7. The van der Waals surface area contributed by atoms with Gasteiger partial charge >= 0.3 is 0 Å². The highest BCUT2D eigenvalue weighted by molar-refractivity contribution is 7.18. The van der Waals surface area contributed by atoms with Gasteiger partial charge in [0.05, 0.1) is 21.3 Å². The first-order valence-electron chi connectivity index (χ1n) is 9.41. The zero-order valence-corrected chi connectivity index (χ0v) is 16.6. The summed E-state index contributed by atoms with van der Waals surface area (Å²) < 4.78 is 3.31. The van der Waals surface area contributed by atoms with Crippen LogP contribution in [-0.4, -0.2) is 14.5 Å². The number of anilines is 2. The van der Waals surface area contributed by atoms with Gasteiger partial charge in [-0.15, -0.1) is 11.3 Å². The number of aryl methyl sites for hydroxylation is 3. The van der Waals surface area contributed by atoms with Gasteiger partial charge < -0.3 is 9.88 Å². The number of thiazole rings is 1. The van der Waals surface area contributed by atoms with E-state index < -0.39 is 0 Å². The number of fused-ring (bicyclic) bond motifs is 2. The molecule has 2 aromatic carbocycles. The van der Waals surface area contributed by atoms with Crippen LogP contribution in [0.4, 0.5) is 11.6 Å². The Morgan fingerprint density at radius 3 is 2.75 bits per heavy atom. The summed E-state index contributed by atoms with van der Waals surface area (Å²) in [7, 11) is 0. The lowest BCUT2D eigenvalue weighted by atomic mass is 10.1. The van der Waals surface area contributed by atoms with Gasteiger partial charge in [0.2, 0.25) is 5.95 Å². The highest BCUT2D eigenvalue weighted by atomic mass is 32.1. The van der Waals surface area contributed by atoms with Gasteiger partial charge in [-0.05, 0) is 49.9 Å². The summed E-state index contributed by atoms with van der Waals surface area (Å²) >= 11 is 1.67. The number of nitrogens with zero attached hydrogens (tertiary/aromatic N) is 3. The standard InChI is InChI=1S/C22H20N4OS/c1-13-10-18-20(28-14(2)23-18)12-17(13)24-22-25-21(27)11-16-8-9-19(26(16)22)15-6-4-3-5-7-15/h3-7,10-12,19H,8-9H2,1-2H3,(H,24,25,27)/t19-/m0/s1. The fourth-order valence-electron chi connectivity index (χ4n) is 4.02. The van der Waals surface area contributed by atoms with Gasteiger partial charge in [0.25, 0.3) is 5.56 Å². The minimum atomic E-state index is -0.199. The molecule has 0 spiro atoms. The van der Waals surface area contributed by atoms with Gasteiger partial charge in [-0.3, -0.25) is 4.79 Å². The highest BCUT2D eigenvalue weighted by Crippen LogP contribution is 2.35. The highest BCUT2D eigenvalue weighted by Gasteiger charge is 2.26. The van der Waals surface area contributed by atoms with E-state index in [1.807, 2.05) is 13.0 Å². The molecule has 0 saturated heterocycles. The van der Waals surface area contributed by atoms with Gasteiger partial charge in [-0.25, -0.2) is 4.98 Å². The smallest absolute Gasteiger partial charge is 0.274 e. The monoisotopic (exact) mass is 388 g/mol. The van der Waals surface area contributed by atoms with Crippen LogP contribution in [0, 0.1) is 13.8 Å². The minimum Gasteiger partial charge on any atom is -0.325 e. The molecule has 4 aromatic rings. The molecule has 5 rings (SSSR count). The van der Waals surface area contributed by atoms with Crippen molar-refractivity contribution in [3.63, 3.8) is 0 Å². The number of rotatable bonds is 3. The molecule has 1 N–H and O–H groups in total. The van der Waals surface area contributed by atoms with Gasteiger partial charge in [0, 0.05) is 17.4 Å². The van der Waals surface area contributed by atoms with E-state index >= 15 is 0 Å². The van der Waals surface area contributed by atoms with Crippen molar-refractivity contribution < 1.29 is 0 Å². The molecule has 1 aliphatic rings. The van der Waals surface area contributed by atoms with Crippen LogP contribution in [0.25, 0.3) is 10.2 Å². The van der Waals surface area contributed by atoms with E-state index in [9.17, 15) is 4.79 Å². The summed E-state index contributed by atoms with van der Waals surface area (Å²) in [5.41, 5.74) is 5.12. The maximum absolute atomic E-state index is 12.2. The lowest BCUT2D eigenvalue weighted by Gasteiger charge is -2.20. The first-order valence-corrected chi connectivity index (χ1v) is 10.2. The topological polar surface area (TPSA) is 59.8 Å². The van der Waals surface area contributed by atoms with Crippen LogP contribution in [-0.2, 0) is 6.42 Å². The molecule has 6 heteroatoms. The van der Waals surface area contributed by atoms with E-state index in [0.29, 0.717) is 5.95 Å². The van der Waals surface area contributed by atoms with E-state index in [4.69, 9.17) is 0 Å². The molecule has 28 heavy (non-hydrogen) atoms. The van der Waals surface area contributed by atoms with Crippen LogP contribution < -0.4 is 10.9 Å². The van der Waals surface area contributed by atoms with Crippen molar-refractivity contribution in [3.8, 4) is 0 Å². The Labute approximate surface area is 166 Å². The number of aromatic nitrogens is 3. The molecule has 5 nitrogen and oxygen atoms in total. The Kier molecular flexibility index (Phi) is 4.02. The Morgan fingerprint density at radius 2 is 1.93 bits per heavy atom. The van der Waals surface area contributed by atoms with E-state index in [0.717, 1.165) is 45.0 Å². The third-order valence-corrected chi connectivity index (χ3v) is 6.24. The fourth-order valence-corrected chi connectivity index (χ4v) is 4.87. The molecule has 0 amide bonds. The summed E-state index contributed by atoms with van der Waals surface area (Å²) in [6, 6.07) is 16.4. The lowest BCUT2D eigenvalue weighted by Crippen LogP contribution is -2.19. The predicted molar refractivity (Wildman–Crippen MR) is 114 cm³/mol. The van der Waals surface area contributed by atoms with Crippen molar-refractivity contribution in [1.29, 1.82) is 0 Å². The zero-order valence-electron chi connectivity index (χ0n) is 15.8. The average molecular weight is 388 g/mol. The van der Waals surface area contributed by atoms with E-state index in [1.165, 1.54) is 5.56 Å². The van der Waals surface area contributed by atoms with Gasteiger partial charge in [0.1, 0.15) is 0 Å². The van der Waals surface area contributed by atoms with E-state index in [-0.39, 0.29) is 11.6 Å². The van der Waals surface area contributed by atoms with Gasteiger partial charge in [-0.1, -0.05) is 30.3 Å². The second kappa shape index (κ2) is 6.56. The first-order chi connectivity index (χ1) is 13.6. The van der Waals surface area contributed by atoms with Crippen molar-refractivity contribution in [2.75, 3.05) is 5.32 Å². The maximum atomic E-state index is 12.2. The first kappa shape index (κ1) is 17.1. The predicted octanol–water partition coefficient (Wildman–Crippen LogP) is 4.75. The summed E-state index contributed by atoms with van der Waals surface area (Å²) in [5, 5.41) is 4.49. The fraction of sp³-hybridized carbons (Fsp3) is 0.227. The zero-order chi connectivity index (χ0) is 19.3. The summed E-state index contributed by atoms with van der Waals surface area (Å²) in [5.74, 6) is 0.609. The van der Waals surface area contributed by atoms with Crippen molar-refractivity contribution in [2.45, 2.75) is 32.7 Å². The Hall–Kier alpha value is -2.99. The molecule has 3 heterocycles. The van der Waals surface area contributed by atoms with Gasteiger partial charge in [-0.2, -0.15) is 4.98 Å². The molecule has 0 unspecified atom stereocenters. The molecule has 2 aromatic heterocycles. The number of benzene rings is 2. The molecule has 0 bridgehead atoms. The summed E-state index contributed by atoms with van der Waals surface area (Å²) in [6.45, 7) is 4.07. The van der Waals surface area contributed by atoms with Crippen LogP contribution >= 0.6 is 11.3 Å². The quantitative estimate of drug-likeness (QED) is 0.550. The second-order valence-corrected chi connectivity index (χ2v) is 8.47. The van der Waals surface area contributed by atoms with Crippen molar-refractivity contribution in [1.82, 2.24) is 14.5 Å². The SMILES string of the molecule is Cc1nc2cc(C)c(Nc3nc(=O)cc4n3[C@H](c3ccccc3)CC4)cc2s1. The molecule has 1 atom stereocenters. The summed E-state index contributed by atoms with van der Waals surface area (Å²) in [4.78, 5) is 21.1. The molecule has 1 aliphatic heterocycles. The number of hydrogen-bond acceptors (Lipinski definition) is 5. The summed E-state index contributed by atoms with van der Waals surface area (Å²) in [6.07, 6.45) is 1.84. The van der Waals surface area contributed by atoms with E-state index in [1.54, 1.807) is 17.4 Å². The average Bonchev–Trinajstić information content (AvgIpc) is 3.25. The third-order valence-electron chi connectivity index (χ3n) is 5.30. The molecule has 0 radical (unpaired) electrons. The molecule has 140 valence electrons. The number of nitrogens with one attached hydrogen (secondary N) is 1. The minimum absolute atomic E-state index is 0.182. The van der Waals surface area contributed by atoms with Crippen LogP contribution in [0.15, 0.2) is 53.3 Å². The van der Waals surface area contributed by atoms with E-state index in [2.05, 4.69) is 63.2 Å². The largest absolute Gasteiger partial charge is 0.325 e. The Morgan fingerprint density at radius 1 is 1.11 bits per heavy atom. The van der Waals surface area contributed by atoms with Crippen molar-refractivity contribution in [2.24, 2.45) is 0 Å². The number of hydrogen-bond donors (Lipinski definition) is 1. The molecule has 0 saturated carbocycles. The lowest BCUT2D eigenvalue weighted by molar-refractivity contribution is 0.615. The van der Waals surface area contributed by atoms with Crippen LogP contribution in [0.1, 0.15) is 34.3 Å². The van der Waals surface area contributed by atoms with Crippen LogP contribution in [0.5, 0.6) is 0 Å². The molecule has 0 aliphatic carbocycles. The van der Waals surface area contributed by atoms with Crippen molar-refractivity contribution in [3.05, 3.63) is 80.7 Å². The molecular weight excluding hydrogens is 368 g/mol.